The molecular weight excluding hydrogens is 394 g/mol. The number of aromatic nitrogens is 1. The molecule has 0 amide bonds. The van der Waals surface area contributed by atoms with Gasteiger partial charge in [0.05, 0.1) is 18.4 Å². The Morgan fingerprint density at radius 2 is 2.03 bits per heavy atom. The predicted molar refractivity (Wildman–Crippen MR) is 121 cm³/mol. The number of aliphatic carboxylic acids is 1. The van der Waals surface area contributed by atoms with E-state index in [9.17, 15) is 9.90 Å². The number of aromatic hydroxyl groups is 1. The van der Waals surface area contributed by atoms with Crippen LogP contribution in [-0.2, 0) is 20.7 Å². The first kappa shape index (κ1) is 24.8. The summed E-state index contributed by atoms with van der Waals surface area (Å²) >= 11 is 0. The van der Waals surface area contributed by atoms with Crippen LogP contribution in [0.2, 0.25) is 0 Å². The van der Waals surface area contributed by atoms with Crippen molar-refractivity contribution in [2.45, 2.75) is 64.9 Å². The third-order valence-corrected chi connectivity index (χ3v) is 5.97. The molecule has 1 aliphatic rings. The van der Waals surface area contributed by atoms with E-state index in [4.69, 9.17) is 19.6 Å². The quantitative estimate of drug-likeness (QED) is 0.404. The maximum absolute atomic E-state index is 10.6. The van der Waals surface area contributed by atoms with Crippen LogP contribution >= 0.6 is 0 Å². The SMILES string of the molecule is C=C(C)/C(C)=C(Cc1ccc(O)c(C2CCCC(OC)C2)n1)\C(C)=C/COCC(=O)O. The average Bonchev–Trinajstić information content (AvgIpc) is 2.75. The van der Waals surface area contributed by atoms with Crippen LogP contribution in [0, 0.1) is 0 Å². The fourth-order valence-corrected chi connectivity index (χ4v) is 3.98. The highest BCUT2D eigenvalue weighted by Crippen LogP contribution is 2.37. The summed E-state index contributed by atoms with van der Waals surface area (Å²) in [7, 11) is 1.74. The number of rotatable bonds is 10. The fraction of sp³-hybridized carbons (Fsp3) is 0.520. The van der Waals surface area contributed by atoms with Crippen LogP contribution in [0.4, 0.5) is 0 Å². The Bertz CT molecular complexity index is 855. The second kappa shape index (κ2) is 11.8. The van der Waals surface area contributed by atoms with Crippen molar-refractivity contribution < 1.29 is 24.5 Å². The van der Waals surface area contributed by atoms with Crippen molar-refractivity contribution >= 4 is 5.97 Å². The van der Waals surface area contributed by atoms with E-state index in [1.165, 1.54) is 0 Å². The summed E-state index contributed by atoms with van der Waals surface area (Å²) in [5, 5.41) is 19.2. The number of hydrogen-bond acceptors (Lipinski definition) is 5. The molecule has 2 N–H and O–H groups in total. The summed E-state index contributed by atoms with van der Waals surface area (Å²) in [6.07, 6.45) is 6.66. The molecule has 0 spiro atoms. The number of pyridine rings is 1. The molecule has 6 heteroatoms. The first-order chi connectivity index (χ1) is 14.7. The topological polar surface area (TPSA) is 88.9 Å². The summed E-state index contributed by atoms with van der Waals surface area (Å²) in [6.45, 7) is 9.95. The van der Waals surface area contributed by atoms with E-state index < -0.39 is 5.97 Å². The van der Waals surface area contributed by atoms with Crippen LogP contribution in [0.15, 0.2) is 47.1 Å². The molecule has 0 aliphatic heterocycles. The first-order valence-corrected chi connectivity index (χ1v) is 10.8. The van der Waals surface area contributed by atoms with Crippen molar-refractivity contribution in [2.24, 2.45) is 0 Å². The van der Waals surface area contributed by atoms with Crippen molar-refractivity contribution in [3.8, 4) is 5.75 Å². The molecular formula is C25H35NO5. The van der Waals surface area contributed by atoms with E-state index in [0.717, 1.165) is 59.4 Å². The van der Waals surface area contributed by atoms with Crippen LogP contribution in [0.5, 0.6) is 5.75 Å². The van der Waals surface area contributed by atoms with Crippen LogP contribution in [-0.4, -0.2) is 47.6 Å². The fourth-order valence-electron chi connectivity index (χ4n) is 3.98. The zero-order valence-corrected chi connectivity index (χ0v) is 19.1. The molecule has 0 saturated heterocycles. The Kier molecular flexibility index (Phi) is 9.46. The van der Waals surface area contributed by atoms with Gasteiger partial charge in [-0.05, 0) is 68.9 Å². The van der Waals surface area contributed by atoms with E-state index in [2.05, 4.69) is 6.58 Å². The number of methoxy groups -OCH3 is 1. The zero-order chi connectivity index (χ0) is 23.0. The Hall–Kier alpha value is -2.44. The molecule has 0 bridgehead atoms. The lowest BCUT2D eigenvalue weighted by atomic mass is 9.84. The standard InChI is InChI=1S/C25H35NO5/c1-16(2)18(4)22(17(3)11-12-31-15-24(28)29)14-20-9-10-23(27)25(26-20)19-7-6-8-21(13-19)30-5/h9-11,19,21,27H,1,6-8,12-15H2,2-5H3,(H,28,29)/b17-11-,22-18-. The second-order valence-electron chi connectivity index (χ2n) is 8.28. The average molecular weight is 430 g/mol. The van der Waals surface area contributed by atoms with Gasteiger partial charge in [-0.1, -0.05) is 24.6 Å². The Labute approximate surface area is 185 Å². The molecule has 1 saturated carbocycles. The Balaban J connectivity index is 2.26. The van der Waals surface area contributed by atoms with Crippen LogP contribution in [0.3, 0.4) is 0 Å². The van der Waals surface area contributed by atoms with Crippen molar-refractivity contribution in [3.05, 3.63) is 58.5 Å². The van der Waals surface area contributed by atoms with E-state index in [0.29, 0.717) is 6.42 Å². The van der Waals surface area contributed by atoms with Gasteiger partial charge < -0.3 is 19.7 Å². The van der Waals surface area contributed by atoms with Gasteiger partial charge >= 0.3 is 5.97 Å². The third kappa shape index (κ3) is 7.33. The number of carboxylic acid groups (broad SMARTS) is 1. The molecule has 2 atom stereocenters. The number of carbonyl (C=O) groups is 1. The molecule has 0 aromatic carbocycles. The molecule has 2 rings (SSSR count). The molecule has 2 unspecified atom stereocenters. The maximum atomic E-state index is 10.6. The molecule has 1 aromatic rings. The molecule has 1 aliphatic carbocycles. The highest BCUT2D eigenvalue weighted by molar-refractivity contribution is 5.68. The molecule has 31 heavy (non-hydrogen) atoms. The summed E-state index contributed by atoms with van der Waals surface area (Å²) < 4.78 is 10.7. The number of hydrogen-bond donors (Lipinski definition) is 2. The lowest BCUT2D eigenvalue weighted by molar-refractivity contribution is -0.141. The molecule has 1 aromatic heterocycles. The van der Waals surface area contributed by atoms with E-state index in [1.54, 1.807) is 13.2 Å². The van der Waals surface area contributed by atoms with Crippen molar-refractivity contribution in [1.29, 1.82) is 0 Å². The van der Waals surface area contributed by atoms with E-state index in [-0.39, 0.29) is 31.0 Å². The molecule has 0 radical (unpaired) electrons. The number of allylic oxidation sites excluding steroid dienone is 4. The Morgan fingerprint density at radius 1 is 1.29 bits per heavy atom. The van der Waals surface area contributed by atoms with Gasteiger partial charge in [0, 0.05) is 25.1 Å². The third-order valence-electron chi connectivity index (χ3n) is 5.97. The van der Waals surface area contributed by atoms with Crippen molar-refractivity contribution in [1.82, 2.24) is 4.98 Å². The van der Waals surface area contributed by atoms with Gasteiger partial charge in [-0.3, -0.25) is 4.98 Å². The highest BCUT2D eigenvalue weighted by Gasteiger charge is 2.26. The number of nitrogens with zero attached hydrogens (tertiary/aromatic N) is 1. The van der Waals surface area contributed by atoms with E-state index in [1.807, 2.05) is 32.9 Å². The smallest absolute Gasteiger partial charge is 0.329 e. The van der Waals surface area contributed by atoms with Gasteiger partial charge in [-0.15, -0.1) is 0 Å². The first-order valence-electron chi connectivity index (χ1n) is 10.8. The number of ether oxygens (including phenoxy) is 2. The van der Waals surface area contributed by atoms with Crippen molar-refractivity contribution in [2.75, 3.05) is 20.3 Å². The monoisotopic (exact) mass is 429 g/mol. The lowest BCUT2D eigenvalue weighted by Gasteiger charge is -2.28. The van der Waals surface area contributed by atoms with Crippen LogP contribution in [0.1, 0.15) is 63.8 Å². The van der Waals surface area contributed by atoms with Crippen LogP contribution in [0.25, 0.3) is 0 Å². The summed E-state index contributed by atoms with van der Waals surface area (Å²) in [5.74, 6) is -0.560. The van der Waals surface area contributed by atoms with Gasteiger partial charge in [0.15, 0.2) is 0 Å². The summed E-state index contributed by atoms with van der Waals surface area (Å²) in [5.41, 5.74) is 5.73. The lowest BCUT2D eigenvalue weighted by Crippen LogP contribution is -2.21. The molecule has 1 heterocycles. The largest absolute Gasteiger partial charge is 0.506 e. The zero-order valence-electron chi connectivity index (χ0n) is 19.1. The van der Waals surface area contributed by atoms with Crippen LogP contribution < -0.4 is 0 Å². The molecule has 1 fully saturated rings. The van der Waals surface area contributed by atoms with Gasteiger partial charge in [0.25, 0.3) is 0 Å². The predicted octanol–water partition coefficient (Wildman–Crippen LogP) is 4.94. The summed E-state index contributed by atoms with van der Waals surface area (Å²) in [6, 6.07) is 3.59. The van der Waals surface area contributed by atoms with E-state index >= 15 is 0 Å². The minimum absolute atomic E-state index is 0.189. The normalized spacial score (nSPS) is 20.3. The molecule has 6 nitrogen and oxygen atoms in total. The minimum Gasteiger partial charge on any atom is -0.506 e. The molecule has 170 valence electrons. The van der Waals surface area contributed by atoms with Gasteiger partial charge in [0.1, 0.15) is 12.4 Å². The highest BCUT2D eigenvalue weighted by atomic mass is 16.5. The van der Waals surface area contributed by atoms with Crippen molar-refractivity contribution in [3.63, 3.8) is 0 Å². The second-order valence-corrected chi connectivity index (χ2v) is 8.28. The maximum Gasteiger partial charge on any atom is 0.329 e. The number of carboxylic acids is 1. The Morgan fingerprint density at radius 3 is 2.68 bits per heavy atom. The van der Waals surface area contributed by atoms with Gasteiger partial charge in [0.2, 0.25) is 0 Å². The van der Waals surface area contributed by atoms with Gasteiger partial charge in [-0.2, -0.15) is 0 Å². The summed E-state index contributed by atoms with van der Waals surface area (Å²) in [4.78, 5) is 15.5. The minimum atomic E-state index is -0.987. The van der Waals surface area contributed by atoms with Gasteiger partial charge in [-0.25, -0.2) is 4.79 Å².